The van der Waals surface area contributed by atoms with Gasteiger partial charge in [-0.25, -0.2) is 0 Å². The molecule has 0 rings (SSSR count). The molecule has 0 bridgehead atoms. The number of aliphatic carboxylic acids is 2. The lowest BCUT2D eigenvalue weighted by Gasteiger charge is -2.39. The van der Waals surface area contributed by atoms with Crippen LogP contribution in [0.15, 0.2) is 0 Å². The summed E-state index contributed by atoms with van der Waals surface area (Å²) in [6.45, 7) is 18.2. The van der Waals surface area contributed by atoms with Gasteiger partial charge in [-0.3, -0.25) is 28.8 Å². The highest BCUT2D eigenvalue weighted by atomic mass is 16.6. The van der Waals surface area contributed by atoms with E-state index in [1.54, 1.807) is 55.4 Å². The lowest BCUT2D eigenvalue weighted by molar-refractivity contribution is -0.165. The maximum Gasteiger partial charge on any atom is 0.309 e. The molecule has 12 heteroatoms. The van der Waals surface area contributed by atoms with E-state index in [1.807, 2.05) is 13.8 Å². The van der Waals surface area contributed by atoms with Crippen molar-refractivity contribution < 1.29 is 57.9 Å². The number of rotatable bonds is 22. The molecule has 0 aromatic carbocycles. The van der Waals surface area contributed by atoms with Crippen molar-refractivity contribution >= 4 is 35.8 Å². The fourth-order valence-electron chi connectivity index (χ4n) is 5.27. The molecule has 0 radical (unpaired) electrons. The topological polar surface area (TPSA) is 180 Å². The molecule has 0 aliphatic rings. The van der Waals surface area contributed by atoms with E-state index in [0.717, 1.165) is 0 Å². The van der Waals surface area contributed by atoms with Crippen LogP contribution in [-0.4, -0.2) is 72.5 Å². The van der Waals surface area contributed by atoms with Crippen LogP contribution in [0.2, 0.25) is 0 Å². The quantitative estimate of drug-likeness (QED) is 0.0844. The molecular formula is C34H58O12. The van der Waals surface area contributed by atoms with E-state index in [4.69, 9.17) is 18.9 Å². The second-order valence-electron chi connectivity index (χ2n) is 14.2. The summed E-state index contributed by atoms with van der Waals surface area (Å²) in [6.07, 6.45) is 0.655. The van der Waals surface area contributed by atoms with Gasteiger partial charge >= 0.3 is 35.8 Å². The molecule has 12 nitrogen and oxygen atoms in total. The largest absolute Gasteiger partial charge is 0.481 e. The molecular weight excluding hydrogens is 600 g/mol. The molecule has 5 atom stereocenters. The van der Waals surface area contributed by atoms with E-state index in [1.165, 1.54) is 6.92 Å². The van der Waals surface area contributed by atoms with Crippen LogP contribution in [0.3, 0.4) is 0 Å². The van der Waals surface area contributed by atoms with Crippen molar-refractivity contribution in [1.29, 1.82) is 0 Å². The first-order chi connectivity index (χ1) is 21.1. The summed E-state index contributed by atoms with van der Waals surface area (Å²) in [5.41, 5.74) is -3.33. The van der Waals surface area contributed by atoms with Gasteiger partial charge in [0, 0.05) is 6.42 Å². The average molecular weight is 659 g/mol. The first-order valence-electron chi connectivity index (χ1n) is 16.2. The molecule has 0 aromatic rings. The van der Waals surface area contributed by atoms with E-state index >= 15 is 0 Å². The maximum atomic E-state index is 13.2. The van der Waals surface area contributed by atoms with Crippen LogP contribution < -0.4 is 0 Å². The molecule has 0 aliphatic carbocycles. The maximum absolute atomic E-state index is 13.2. The number of hydrogen-bond acceptors (Lipinski definition) is 10. The van der Waals surface area contributed by atoms with Crippen LogP contribution in [-0.2, 0) is 47.7 Å². The number of ether oxygens (including phenoxy) is 4. The molecule has 0 aromatic heterocycles. The normalized spacial score (nSPS) is 16.4. The van der Waals surface area contributed by atoms with E-state index in [9.17, 15) is 39.0 Å². The lowest BCUT2D eigenvalue weighted by Crippen LogP contribution is -2.42. The van der Waals surface area contributed by atoms with Gasteiger partial charge in [0.1, 0.15) is 26.4 Å². The van der Waals surface area contributed by atoms with Gasteiger partial charge in [-0.1, -0.05) is 62.3 Å². The van der Waals surface area contributed by atoms with Crippen molar-refractivity contribution in [2.45, 2.75) is 108 Å². The Morgan fingerprint density at radius 3 is 1.30 bits per heavy atom. The van der Waals surface area contributed by atoms with Crippen molar-refractivity contribution in [3.8, 4) is 0 Å². The zero-order valence-electron chi connectivity index (χ0n) is 29.7. The van der Waals surface area contributed by atoms with Gasteiger partial charge in [-0.2, -0.15) is 0 Å². The summed E-state index contributed by atoms with van der Waals surface area (Å²) in [5.74, 6) is -6.87. The van der Waals surface area contributed by atoms with Crippen LogP contribution in [0.25, 0.3) is 0 Å². The predicted molar refractivity (Wildman–Crippen MR) is 169 cm³/mol. The van der Waals surface area contributed by atoms with Crippen molar-refractivity contribution in [1.82, 2.24) is 0 Å². The van der Waals surface area contributed by atoms with Crippen LogP contribution in [0, 0.1) is 45.8 Å². The molecule has 266 valence electrons. The molecule has 46 heavy (non-hydrogen) atoms. The number of carbonyl (C=O) groups excluding carboxylic acids is 4. The van der Waals surface area contributed by atoms with Gasteiger partial charge in [-0.05, 0) is 56.8 Å². The molecule has 0 aliphatic heterocycles. The van der Waals surface area contributed by atoms with Gasteiger partial charge in [0.25, 0.3) is 0 Å². The summed E-state index contributed by atoms with van der Waals surface area (Å²) >= 11 is 0. The van der Waals surface area contributed by atoms with Crippen molar-refractivity contribution in [3.05, 3.63) is 0 Å². The minimum atomic E-state index is -1.41. The number of esters is 4. The number of carboxylic acids is 2. The summed E-state index contributed by atoms with van der Waals surface area (Å²) in [4.78, 5) is 74.4. The fraction of sp³-hybridized carbons (Fsp3) is 0.824. The number of hydrogen-bond donors (Lipinski definition) is 2. The van der Waals surface area contributed by atoms with Gasteiger partial charge in [-0.15, -0.1) is 0 Å². The number of carbonyl (C=O) groups is 6. The van der Waals surface area contributed by atoms with Crippen LogP contribution in [0.5, 0.6) is 0 Å². The standard InChI is InChI=1S/C34H58O12/c1-12-26(35)43-14-15-44-27(36)23(7)32(8,9)20-34(11,31(41)42)19-25(22(5)6)29(38)46-17-16-45-28(37)24(21(3)4)18-33(10,13-2)30(39)40/h21-25H,12-20H2,1-11H3,(H,39,40)(H,41,42). The Balaban J connectivity index is 5.41. The van der Waals surface area contributed by atoms with Crippen molar-refractivity contribution in [2.24, 2.45) is 45.8 Å². The Kier molecular flexibility index (Phi) is 17.5. The summed E-state index contributed by atoms with van der Waals surface area (Å²) in [6, 6.07) is 0. The van der Waals surface area contributed by atoms with E-state index in [-0.39, 0.29) is 63.9 Å². The Labute approximate surface area is 274 Å². The van der Waals surface area contributed by atoms with Gasteiger partial charge in [0.05, 0.1) is 28.6 Å². The highest BCUT2D eigenvalue weighted by Gasteiger charge is 2.46. The third kappa shape index (κ3) is 13.3. The summed E-state index contributed by atoms with van der Waals surface area (Å²) in [5, 5.41) is 19.9. The second kappa shape index (κ2) is 18.8. The Hall–Kier alpha value is -3.18. The summed E-state index contributed by atoms with van der Waals surface area (Å²) < 4.78 is 21.0. The van der Waals surface area contributed by atoms with E-state index in [0.29, 0.717) is 6.42 Å². The Morgan fingerprint density at radius 2 is 0.957 bits per heavy atom. The molecule has 0 amide bonds. The zero-order chi connectivity index (χ0) is 36.0. The molecule has 5 unspecified atom stereocenters. The lowest BCUT2D eigenvalue weighted by atomic mass is 9.64. The first kappa shape index (κ1) is 42.8. The molecule has 0 heterocycles. The third-order valence-electron chi connectivity index (χ3n) is 9.19. The third-order valence-corrected chi connectivity index (χ3v) is 9.19. The molecule has 2 N–H and O–H groups in total. The zero-order valence-corrected chi connectivity index (χ0v) is 29.7. The second-order valence-corrected chi connectivity index (χ2v) is 14.2. The van der Waals surface area contributed by atoms with Crippen LogP contribution in [0.4, 0.5) is 0 Å². The smallest absolute Gasteiger partial charge is 0.309 e. The Bertz CT molecular complexity index is 1050. The first-order valence-corrected chi connectivity index (χ1v) is 16.2. The molecule has 0 fully saturated rings. The van der Waals surface area contributed by atoms with Gasteiger partial charge < -0.3 is 29.2 Å². The van der Waals surface area contributed by atoms with Gasteiger partial charge in [0.2, 0.25) is 0 Å². The predicted octanol–water partition coefficient (Wildman–Crippen LogP) is 5.54. The Morgan fingerprint density at radius 1 is 0.587 bits per heavy atom. The monoisotopic (exact) mass is 658 g/mol. The van der Waals surface area contributed by atoms with Crippen molar-refractivity contribution in [2.75, 3.05) is 26.4 Å². The van der Waals surface area contributed by atoms with Crippen LogP contribution in [0.1, 0.15) is 108 Å². The highest BCUT2D eigenvalue weighted by Crippen LogP contribution is 2.44. The van der Waals surface area contributed by atoms with E-state index in [2.05, 4.69) is 0 Å². The minimum Gasteiger partial charge on any atom is -0.481 e. The average Bonchev–Trinajstić information content (AvgIpc) is 2.97. The van der Waals surface area contributed by atoms with Crippen LogP contribution >= 0.6 is 0 Å². The molecule has 0 spiro atoms. The van der Waals surface area contributed by atoms with Gasteiger partial charge in [0.15, 0.2) is 0 Å². The molecule has 0 saturated carbocycles. The fourth-order valence-corrected chi connectivity index (χ4v) is 5.27. The summed E-state index contributed by atoms with van der Waals surface area (Å²) in [7, 11) is 0. The molecule has 0 saturated heterocycles. The minimum absolute atomic E-state index is 0.0497. The van der Waals surface area contributed by atoms with Crippen molar-refractivity contribution in [3.63, 3.8) is 0 Å². The number of carboxylic acid groups (broad SMARTS) is 2. The van der Waals surface area contributed by atoms with E-state index < -0.39 is 69.8 Å². The highest BCUT2D eigenvalue weighted by molar-refractivity contribution is 5.79. The SMILES string of the molecule is CCC(=O)OCCOC(=O)C(C)C(C)(C)CC(C)(CC(C(=O)OCCOC(=O)C(CC(C)(CC)C(=O)O)C(C)C)C(C)C)C(=O)O.